The summed E-state index contributed by atoms with van der Waals surface area (Å²) in [4.78, 5) is 35.0. The summed E-state index contributed by atoms with van der Waals surface area (Å²) in [7, 11) is -4.62. The third-order valence-corrected chi connectivity index (χ3v) is 10.4. The van der Waals surface area contributed by atoms with Gasteiger partial charge >= 0.3 is 19.8 Å². The number of allylic oxidation sites excluding steroid dienone is 8. The van der Waals surface area contributed by atoms with Crippen molar-refractivity contribution in [2.24, 2.45) is 0 Å². The fraction of sp³-hybridized carbons (Fsp3) is 0.783. The lowest BCUT2D eigenvalue weighted by molar-refractivity contribution is -0.161. The second kappa shape index (κ2) is 42.1. The highest BCUT2D eigenvalue weighted by atomic mass is 31.2. The van der Waals surface area contributed by atoms with Crippen molar-refractivity contribution in [1.29, 1.82) is 0 Å². The standard InChI is InChI=1S/C46H83O10P/c1-3-5-7-9-11-13-15-17-19-21-23-25-27-29-31-33-35-37-45(49)53-41-44(42-55-57(51,52)54-40-43(48)39-47)56-46(50)38-36-34-32-30-28-26-24-22-20-18-16-14-12-10-8-6-4-2/h6,8,12,14,17-20,43-44,47-48H,3-5,7,9-11,13,15-16,21-42H2,1-2H3,(H,51,52)/b8-6-,14-12-,19-17-,20-18-. The monoisotopic (exact) mass is 827 g/mol. The zero-order valence-corrected chi connectivity index (χ0v) is 36.9. The van der Waals surface area contributed by atoms with Crippen molar-refractivity contribution >= 4 is 19.8 Å². The van der Waals surface area contributed by atoms with Crippen LogP contribution in [0, 0.1) is 0 Å². The molecule has 0 spiro atoms. The number of ether oxygens (including phenoxy) is 2. The van der Waals surface area contributed by atoms with Gasteiger partial charge in [-0.1, -0.05) is 159 Å². The first-order valence-corrected chi connectivity index (χ1v) is 24.1. The van der Waals surface area contributed by atoms with Crippen molar-refractivity contribution in [2.75, 3.05) is 26.4 Å². The van der Waals surface area contributed by atoms with Crippen molar-refractivity contribution in [2.45, 2.75) is 206 Å². The number of aliphatic hydroxyl groups excluding tert-OH is 2. The van der Waals surface area contributed by atoms with Gasteiger partial charge in [0.2, 0.25) is 0 Å². The minimum Gasteiger partial charge on any atom is -0.462 e. The largest absolute Gasteiger partial charge is 0.472 e. The second-order valence-corrected chi connectivity index (χ2v) is 16.5. The maximum Gasteiger partial charge on any atom is 0.472 e. The number of unbranched alkanes of at least 4 members (excludes halogenated alkanes) is 20. The van der Waals surface area contributed by atoms with E-state index in [0.717, 1.165) is 77.0 Å². The summed E-state index contributed by atoms with van der Waals surface area (Å²) < 4.78 is 32.7. The van der Waals surface area contributed by atoms with E-state index < -0.39 is 51.8 Å². The molecule has 0 saturated carbocycles. The molecule has 3 N–H and O–H groups in total. The van der Waals surface area contributed by atoms with Crippen molar-refractivity contribution in [1.82, 2.24) is 0 Å². The second-order valence-electron chi connectivity index (χ2n) is 15.0. The van der Waals surface area contributed by atoms with Gasteiger partial charge in [0.05, 0.1) is 19.8 Å². The lowest BCUT2D eigenvalue weighted by Crippen LogP contribution is -2.29. The van der Waals surface area contributed by atoms with Crippen molar-refractivity contribution in [3.63, 3.8) is 0 Å². The molecule has 0 radical (unpaired) electrons. The van der Waals surface area contributed by atoms with Gasteiger partial charge in [-0.15, -0.1) is 0 Å². The quantitative estimate of drug-likeness (QED) is 0.0235. The Morgan fingerprint density at radius 3 is 1.47 bits per heavy atom. The SMILES string of the molecule is CC/C=C\C/C=C\C/C=C\CCCCCCCCCC(=O)OC(COC(=O)CCCCCCCCC/C=C\CCCCCCCC)COP(=O)(O)OCC(O)CO. The maximum absolute atomic E-state index is 12.6. The summed E-state index contributed by atoms with van der Waals surface area (Å²) in [6.45, 7) is 2.26. The fourth-order valence-electron chi connectivity index (χ4n) is 6.00. The lowest BCUT2D eigenvalue weighted by Gasteiger charge is -2.20. The van der Waals surface area contributed by atoms with E-state index >= 15 is 0 Å². The molecule has 0 aromatic rings. The molecule has 0 amide bonds. The third kappa shape index (κ3) is 41.9. The molecular weight excluding hydrogens is 743 g/mol. The summed E-state index contributed by atoms with van der Waals surface area (Å²) in [6.07, 6.45) is 45.0. The molecule has 0 saturated heterocycles. The summed E-state index contributed by atoms with van der Waals surface area (Å²) in [6, 6.07) is 0. The highest BCUT2D eigenvalue weighted by molar-refractivity contribution is 7.47. The van der Waals surface area contributed by atoms with Crippen LogP contribution in [0.5, 0.6) is 0 Å². The molecule has 0 aliphatic heterocycles. The average Bonchev–Trinajstić information content (AvgIpc) is 3.20. The van der Waals surface area contributed by atoms with Crippen LogP contribution >= 0.6 is 7.82 Å². The first kappa shape index (κ1) is 54.9. The van der Waals surface area contributed by atoms with Crippen LogP contribution in [-0.2, 0) is 32.7 Å². The van der Waals surface area contributed by atoms with Crippen LogP contribution in [0.4, 0.5) is 0 Å². The Hall–Kier alpha value is -2.07. The van der Waals surface area contributed by atoms with Gasteiger partial charge in [0.1, 0.15) is 12.7 Å². The molecule has 0 aromatic heterocycles. The molecule has 0 rings (SSSR count). The van der Waals surface area contributed by atoms with Gasteiger partial charge < -0.3 is 24.6 Å². The number of hydrogen-bond acceptors (Lipinski definition) is 9. The molecule has 0 bridgehead atoms. The van der Waals surface area contributed by atoms with E-state index in [-0.39, 0.29) is 19.4 Å². The Morgan fingerprint density at radius 1 is 0.544 bits per heavy atom. The molecule has 0 aliphatic rings. The van der Waals surface area contributed by atoms with E-state index in [4.69, 9.17) is 23.6 Å². The number of hydrogen-bond donors (Lipinski definition) is 3. The highest BCUT2D eigenvalue weighted by Gasteiger charge is 2.27. The predicted octanol–water partition coefficient (Wildman–Crippen LogP) is 12.1. The number of phosphoric ester groups is 1. The number of phosphoric acid groups is 1. The van der Waals surface area contributed by atoms with Crippen LogP contribution < -0.4 is 0 Å². The molecule has 332 valence electrons. The Kier molecular flexibility index (Phi) is 40.5. The van der Waals surface area contributed by atoms with Crippen molar-refractivity contribution in [3.05, 3.63) is 48.6 Å². The van der Waals surface area contributed by atoms with Crippen LogP contribution in [-0.4, -0.2) is 65.7 Å². The van der Waals surface area contributed by atoms with Gasteiger partial charge in [0, 0.05) is 12.8 Å². The van der Waals surface area contributed by atoms with Gasteiger partial charge in [-0.2, -0.15) is 0 Å². The van der Waals surface area contributed by atoms with Gasteiger partial charge in [-0.25, -0.2) is 4.57 Å². The molecule has 0 aromatic carbocycles. The van der Waals surface area contributed by atoms with Gasteiger partial charge in [0.15, 0.2) is 6.10 Å². The van der Waals surface area contributed by atoms with E-state index in [1.165, 1.54) is 77.0 Å². The number of rotatable bonds is 42. The predicted molar refractivity (Wildman–Crippen MR) is 233 cm³/mol. The Balaban J connectivity index is 4.28. The molecule has 57 heavy (non-hydrogen) atoms. The smallest absolute Gasteiger partial charge is 0.462 e. The van der Waals surface area contributed by atoms with E-state index in [1.54, 1.807) is 0 Å². The molecule has 3 atom stereocenters. The van der Waals surface area contributed by atoms with Gasteiger partial charge in [-0.05, 0) is 70.6 Å². The first-order chi connectivity index (χ1) is 27.7. The Labute approximate surface area is 347 Å². The van der Waals surface area contributed by atoms with Crippen molar-refractivity contribution in [3.8, 4) is 0 Å². The molecule has 0 heterocycles. The summed E-state index contributed by atoms with van der Waals surface area (Å²) in [5.74, 6) is -0.940. The average molecular weight is 827 g/mol. The van der Waals surface area contributed by atoms with Gasteiger partial charge in [0.25, 0.3) is 0 Å². The zero-order valence-electron chi connectivity index (χ0n) is 36.0. The zero-order chi connectivity index (χ0) is 41.9. The first-order valence-electron chi connectivity index (χ1n) is 22.6. The number of aliphatic hydroxyl groups is 2. The van der Waals surface area contributed by atoms with E-state index in [2.05, 4.69) is 62.5 Å². The van der Waals surface area contributed by atoms with Crippen LogP contribution in [0.1, 0.15) is 194 Å². The summed E-state index contributed by atoms with van der Waals surface area (Å²) in [5.41, 5.74) is 0. The minimum atomic E-state index is -4.62. The lowest BCUT2D eigenvalue weighted by atomic mass is 10.1. The fourth-order valence-corrected chi connectivity index (χ4v) is 6.79. The summed E-state index contributed by atoms with van der Waals surface area (Å²) in [5, 5.41) is 18.3. The normalized spacial score (nSPS) is 14.3. The number of carbonyl (C=O) groups excluding carboxylic acids is 2. The number of carbonyl (C=O) groups is 2. The van der Waals surface area contributed by atoms with Crippen LogP contribution in [0.15, 0.2) is 48.6 Å². The van der Waals surface area contributed by atoms with E-state index in [0.29, 0.717) is 12.8 Å². The molecule has 10 nitrogen and oxygen atoms in total. The van der Waals surface area contributed by atoms with Crippen LogP contribution in [0.2, 0.25) is 0 Å². The molecular formula is C46H83O10P. The molecule has 3 unspecified atom stereocenters. The molecule has 11 heteroatoms. The molecule has 0 aliphatic carbocycles. The minimum absolute atomic E-state index is 0.171. The van der Waals surface area contributed by atoms with Crippen LogP contribution in [0.3, 0.4) is 0 Å². The summed E-state index contributed by atoms with van der Waals surface area (Å²) >= 11 is 0. The topological polar surface area (TPSA) is 149 Å². The highest BCUT2D eigenvalue weighted by Crippen LogP contribution is 2.43. The van der Waals surface area contributed by atoms with E-state index in [9.17, 15) is 24.2 Å². The van der Waals surface area contributed by atoms with Gasteiger partial charge in [-0.3, -0.25) is 18.6 Å². The van der Waals surface area contributed by atoms with E-state index in [1.807, 2.05) is 0 Å². The number of esters is 2. The van der Waals surface area contributed by atoms with Crippen molar-refractivity contribution < 1.29 is 47.8 Å². The maximum atomic E-state index is 12.6. The third-order valence-electron chi connectivity index (χ3n) is 9.47. The molecule has 0 fully saturated rings. The Morgan fingerprint density at radius 2 is 0.965 bits per heavy atom. The Bertz CT molecular complexity index is 1090. The van der Waals surface area contributed by atoms with Crippen LogP contribution in [0.25, 0.3) is 0 Å².